The highest BCUT2D eigenvalue weighted by molar-refractivity contribution is 5.91. The van der Waals surface area contributed by atoms with E-state index >= 15 is 0 Å². The Kier molecular flexibility index (Phi) is 6.85. The number of aromatic amines is 1. The maximum atomic E-state index is 14.3. The molecule has 0 spiro atoms. The van der Waals surface area contributed by atoms with Crippen molar-refractivity contribution in [2.45, 2.75) is 52.1 Å². The Morgan fingerprint density at radius 3 is 2.80 bits per heavy atom. The van der Waals surface area contributed by atoms with Gasteiger partial charge in [0.15, 0.2) is 11.3 Å². The quantitative estimate of drug-likeness (QED) is 0.372. The molecule has 2 saturated heterocycles. The lowest BCUT2D eigenvalue weighted by molar-refractivity contribution is 0.188. The van der Waals surface area contributed by atoms with E-state index in [-0.39, 0.29) is 29.2 Å². The van der Waals surface area contributed by atoms with Crippen molar-refractivity contribution in [1.82, 2.24) is 39.9 Å². The maximum absolute atomic E-state index is 14.3. The van der Waals surface area contributed by atoms with Crippen molar-refractivity contribution in [3.05, 3.63) is 39.6 Å². The molecule has 0 aliphatic carbocycles. The number of hydrogen-bond acceptors (Lipinski definition) is 10. The SMILES string of the molecule is Cc1cc2[nH]ncc2c(-n2c(C)nc3c(N4CCN[C@@H](CC#N)C4)nc(OCC4CCCN4C)nc3c2=O)c1C. The summed E-state index contributed by atoms with van der Waals surface area (Å²) >= 11 is 0. The minimum atomic E-state index is -0.283. The summed E-state index contributed by atoms with van der Waals surface area (Å²) in [5, 5.41) is 20.8. The summed E-state index contributed by atoms with van der Waals surface area (Å²) in [7, 11) is 2.09. The lowest BCUT2D eigenvalue weighted by atomic mass is 10.0. The molecule has 0 amide bonds. The number of benzene rings is 1. The molecule has 2 atom stereocenters. The zero-order valence-electron chi connectivity index (χ0n) is 23.4. The van der Waals surface area contributed by atoms with E-state index in [9.17, 15) is 10.1 Å². The number of anilines is 1. The first-order chi connectivity index (χ1) is 19.4. The summed E-state index contributed by atoms with van der Waals surface area (Å²) in [6.07, 6.45) is 4.29. The van der Waals surface area contributed by atoms with E-state index in [1.54, 1.807) is 10.8 Å². The number of aromatic nitrogens is 6. The molecule has 0 radical (unpaired) electrons. The number of nitriles is 1. The van der Waals surface area contributed by atoms with Crippen molar-refractivity contribution in [1.29, 1.82) is 5.26 Å². The smallest absolute Gasteiger partial charge is 0.319 e. The predicted octanol–water partition coefficient (Wildman–Crippen LogP) is 2.14. The van der Waals surface area contributed by atoms with Crippen molar-refractivity contribution in [3.8, 4) is 17.8 Å². The van der Waals surface area contributed by atoms with Crippen molar-refractivity contribution >= 4 is 27.8 Å². The zero-order valence-corrected chi connectivity index (χ0v) is 23.4. The average molecular weight is 543 g/mol. The van der Waals surface area contributed by atoms with Crippen molar-refractivity contribution in [2.75, 3.05) is 44.7 Å². The van der Waals surface area contributed by atoms with E-state index < -0.39 is 0 Å². The molecule has 6 rings (SSSR count). The minimum Gasteiger partial charge on any atom is -0.462 e. The van der Waals surface area contributed by atoms with E-state index in [0.29, 0.717) is 49.8 Å². The van der Waals surface area contributed by atoms with Crippen LogP contribution in [0.25, 0.3) is 27.6 Å². The monoisotopic (exact) mass is 542 g/mol. The van der Waals surface area contributed by atoms with Crippen LogP contribution < -0.4 is 20.5 Å². The number of fused-ring (bicyclic) bond motifs is 2. The van der Waals surface area contributed by atoms with Gasteiger partial charge >= 0.3 is 6.01 Å². The number of rotatable bonds is 6. The number of likely N-dealkylation sites (N-methyl/N-ethyl adjacent to an activating group) is 1. The fourth-order valence-electron chi connectivity index (χ4n) is 5.91. The Hall–Kier alpha value is -4.08. The lowest BCUT2D eigenvalue weighted by Crippen LogP contribution is -2.51. The van der Waals surface area contributed by atoms with E-state index in [2.05, 4.69) is 43.4 Å². The van der Waals surface area contributed by atoms with Gasteiger partial charge in [-0.15, -0.1) is 0 Å². The molecule has 5 heterocycles. The van der Waals surface area contributed by atoms with Crippen LogP contribution in [0, 0.1) is 32.1 Å². The molecular formula is C28H34N10O2. The third-order valence-electron chi connectivity index (χ3n) is 8.27. The van der Waals surface area contributed by atoms with Crippen molar-refractivity contribution < 1.29 is 4.74 Å². The third-order valence-corrected chi connectivity index (χ3v) is 8.27. The number of likely N-dealkylation sites (tertiary alicyclic amines) is 1. The highest BCUT2D eigenvalue weighted by atomic mass is 16.5. The van der Waals surface area contributed by atoms with E-state index in [0.717, 1.165) is 47.1 Å². The zero-order chi connectivity index (χ0) is 28.0. The Balaban J connectivity index is 1.52. The van der Waals surface area contributed by atoms with Gasteiger partial charge in [0.1, 0.15) is 17.9 Å². The summed E-state index contributed by atoms with van der Waals surface area (Å²) in [6.45, 7) is 9.25. The number of nitrogens with zero attached hydrogens (tertiary/aromatic N) is 8. The molecule has 2 aliphatic rings. The number of ether oxygens (including phenoxy) is 1. The Bertz CT molecular complexity index is 1690. The van der Waals surface area contributed by atoms with Gasteiger partial charge in [-0.25, -0.2) is 4.98 Å². The maximum Gasteiger partial charge on any atom is 0.319 e. The molecule has 2 N–H and O–H groups in total. The van der Waals surface area contributed by atoms with Crippen LogP contribution in [0.15, 0.2) is 17.1 Å². The molecule has 3 aromatic heterocycles. The molecule has 208 valence electrons. The second kappa shape index (κ2) is 10.5. The topological polar surface area (TPSA) is 141 Å². The Morgan fingerprint density at radius 2 is 2.02 bits per heavy atom. The number of nitrogens with one attached hydrogen (secondary N) is 2. The van der Waals surface area contributed by atoms with Gasteiger partial charge in [0, 0.05) is 37.1 Å². The standard InChI is InChI=1S/C28H34N10O2/c1-16-12-22-21(13-31-35-22)25(17(16)2)38-18(3)32-23-24(27(38)39)33-28(40-15-20-6-5-10-36(20)4)34-26(23)37-11-9-30-19(14-37)7-8-29/h12-13,19-20,30H,5-7,9-11,14-15H2,1-4H3,(H,31,35)/t19-,20?/m0/s1. The fraction of sp³-hybridized carbons (Fsp3) is 0.500. The first-order valence-electron chi connectivity index (χ1n) is 13.8. The molecule has 1 aromatic carbocycles. The van der Waals surface area contributed by atoms with Gasteiger partial charge in [-0.05, 0) is 64.4 Å². The van der Waals surface area contributed by atoms with Crippen LogP contribution in [-0.4, -0.2) is 86.5 Å². The Labute approximate surface area is 232 Å². The molecule has 12 heteroatoms. The molecule has 2 aliphatic heterocycles. The highest BCUT2D eigenvalue weighted by Gasteiger charge is 2.28. The van der Waals surface area contributed by atoms with Gasteiger partial charge in [-0.1, -0.05) is 0 Å². The van der Waals surface area contributed by atoms with Crippen LogP contribution in [0.3, 0.4) is 0 Å². The minimum absolute atomic E-state index is 0.00828. The van der Waals surface area contributed by atoms with Crippen molar-refractivity contribution in [3.63, 3.8) is 0 Å². The summed E-state index contributed by atoms with van der Waals surface area (Å²) in [6, 6.07) is 4.72. The largest absolute Gasteiger partial charge is 0.462 e. The van der Waals surface area contributed by atoms with Crippen LogP contribution in [0.5, 0.6) is 6.01 Å². The summed E-state index contributed by atoms with van der Waals surface area (Å²) < 4.78 is 7.79. The number of aryl methyl sites for hydroxylation is 2. The van der Waals surface area contributed by atoms with Gasteiger partial charge in [-0.3, -0.25) is 14.5 Å². The molecular weight excluding hydrogens is 508 g/mol. The molecule has 12 nitrogen and oxygen atoms in total. The summed E-state index contributed by atoms with van der Waals surface area (Å²) in [5.41, 5.74) is 3.96. The number of hydrogen-bond donors (Lipinski definition) is 2. The van der Waals surface area contributed by atoms with Crippen LogP contribution in [-0.2, 0) is 0 Å². The molecule has 4 aromatic rings. The molecule has 0 saturated carbocycles. The van der Waals surface area contributed by atoms with Crippen LogP contribution >= 0.6 is 0 Å². The van der Waals surface area contributed by atoms with Gasteiger partial charge in [0.05, 0.1) is 29.9 Å². The first-order valence-corrected chi connectivity index (χ1v) is 13.8. The summed E-state index contributed by atoms with van der Waals surface area (Å²) in [5.74, 6) is 1.09. The van der Waals surface area contributed by atoms with Gasteiger partial charge in [0.25, 0.3) is 5.56 Å². The molecule has 2 fully saturated rings. The van der Waals surface area contributed by atoms with E-state index in [1.807, 2.05) is 26.8 Å². The normalized spacial score (nSPS) is 19.9. The number of H-pyrrole nitrogens is 1. The second-order valence-corrected chi connectivity index (χ2v) is 10.9. The van der Waals surface area contributed by atoms with E-state index in [1.165, 1.54) is 0 Å². The van der Waals surface area contributed by atoms with Gasteiger partial charge in [0.2, 0.25) is 0 Å². The highest BCUT2D eigenvalue weighted by Crippen LogP contribution is 2.30. The third kappa shape index (κ3) is 4.55. The summed E-state index contributed by atoms with van der Waals surface area (Å²) in [4.78, 5) is 33.1. The van der Waals surface area contributed by atoms with E-state index in [4.69, 9.17) is 14.7 Å². The van der Waals surface area contributed by atoms with Crippen molar-refractivity contribution in [2.24, 2.45) is 0 Å². The predicted molar refractivity (Wildman–Crippen MR) is 152 cm³/mol. The molecule has 0 bridgehead atoms. The van der Waals surface area contributed by atoms with Gasteiger partial charge in [-0.2, -0.15) is 20.3 Å². The Morgan fingerprint density at radius 1 is 1.18 bits per heavy atom. The molecule has 40 heavy (non-hydrogen) atoms. The van der Waals surface area contributed by atoms with Crippen LogP contribution in [0.4, 0.5) is 5.82 Å². The average Bonchev–Trinajstić information content (AvgIpc) is 3.58. The fourth-order valence-corrected chi connectivity index (χ4v) is 5.91. The molecule has 1 unspecified atom stereocenters. The van der Waals surface area contributed by atoms with Crippen LogP contribution in [0.1, 0.15) is 36.2 Å². The van der Waals surface area contributed by atoms with Crippen LogP contribution in [0.2, 0.25) is 0 Å². The number of piperazine rings is 1. The van der Waals surface area contributed by atoms with Gasteiger partial charge < -0.3 is 19.9 Å². The first kappa shape index (κ1) is 26.2. The lowest BCUT2D eigenvalue weighted by Gasteiger charge is -2.34. The second-order valence-electron chi connectivity index (χ2n) is 10.9.